The van der Waals surface area contributed by atoms with Gasteiger partial charge >= 0.3 is 0 Å². The summed E-state index contributed by atoms with van der Waals surface area (Å²) in [6.45, 7) is 2.18. The molecule has 1 amide bonds. The standard InChI is InChI=1S/C19H19N3O3S/c1-22-7-6-12-15(9-22)26-19-17(12)18(23)20-16(21-19)5-3-11-2-4-13-14(8-11)25-10-24-13/h2-5,8,16,21H,6-7,9-10H2,1H3,(H,20,23)/b5-3+/t16-/m1/s1. The molecule has 0 radical (unpaired) electrons. The van der Waals surface area contributed by atoms with E-state index in [9.17, 15) is 4.79 Å². The van der Waals surface area contributed by atoms with Crippen LogP contribution in [0.15, 0.2) is 24.3 Å². The fourth-order valence-corrected chi connectivity index (χ4v) is 4.95. The van der Waals surface area contributed by atoms with Crippen molar-refractivity contribution in [2.75, 3.05) is 25.7 Å². The van der Waals surface area contributed by atoms with Crippen LogP contribution in [0.25, 0.3) is 6.08 Å². The van der Waals surface area contributed by atoms with Gasteiger partial charge in [-0.15, -0.1) is 11.3 Å². The predicted octanol–water partition coefficient (Wildman–Crippen LogP) is 2.66. The number of nitrogens with one attached hydrogen (secondary N) is 2. The Kier molecular flexibility index (Phi) is 3.65. The van der Waals surface area contributed by atoms with Crippen LogP contribution in [-0.4, -0.2) is 37.4 Å². The Morgan fingerprint density at radius 3 is 3.08 bits per heavy atom. The fraction of sp³-hybridized carbons (Fsp3) is 0.316. The number of amides is 1. The third-order valence-corrected chi connectivity index (χ3v) is 6.07. The molecule has 0 unspecified atom stereocenters. The number of hydrogen-bond acceptors (Lipinski definition) is 6. The third kappa shape index (κ3) is 2.64. The van der Waals surface area contributed by atoms with E-state index in [1.54, 1.807) is 11.3 Å². The zero-order valence-corrected chi connectivity index (χ0v) is 15.2. The summed E-state index contributed by atoms with van der Waals surface area (Å²) in [7, 11) is 2.12. The minimum Gasteiger partial charge on any atom is -0.454 e. The van der Waals surface area contributed by atoms with Crippen molar-refractivity contribution in [2.45, 2.75) is 19.1 Å². The average molecular weight is 369 g/mol. The van der Waals surface area contributed by atoms with E-state index in [0.717, 1.165) is 47.1 Å². The van der Waals surface area contributed by atoms with Gasteiger partial charge in [0.05, 0.1) is 5.56 Å². The summed E-state index contributed by atoms with van der Waals surface area (Å²) in [5, 5.41) is 7.47. The molecule has 134 valence electrons. The van der Waals surface area contributed by atoms with E-state index in [4.69, 9.17) is 9.47 Å². The number of nitrogens with zero attached hydrogens (tertiary/aromatic N) is 1. The van der Waals surface area contributed by atoms with Gasteiger partial charge in [0, 0.05) is 18.0 Å². The SMILES string of the molecule is CN1CCc2c(sc3c2C(=O)N[C@@H](/C=C/c2ccc4c(c2)OCO4)N3)C1. The lowest BCUT2D eigenvalue weighted by Gasteiger charge is -2.25. The molecule has 6 nitrogen and oxygen atoms in total. The highest BCUT2D eigenvalue weighted by Crippen LogP contribution is 2.39. The lowest BCUT2D eigenvalue weighted by atomic mass is 10.0. The molecular weight excluding hydrogens is 350 g/mol. The molecule has 2 aromatic rings. The first-order chi connectivity index (χ1) is 12.7. The second kappa shape index (κ2) is 6.03. The summed E-state index contributed by atoms with van der Waals surface area (Å²) in [6.07, 6.45) is 4.65. The van der Waals surface area contributed by atoms with E-state index in [2.05, 4.69) is 22.6 Å². The minimum atomic E-state index is -0.224. The van der Waals surface area contributed by atoms with Gasteiger partial charge in [0.1, 0.15) is 11.2 Å². The second-order valence-electron chi connectivity index (χ2n) is 6.76. The molecule has 3 aliphatic rings. The molecule has 1 atom stereocenters. The van der Waals surface area contributed by atoms with Crippen molar-refractivity contribution in [1.82, 2.24) is 10.2 Å². The number of carbonyl (C=O) groups is 1. The molecule has 0 fully saturated rings. The van der Waals surface area contributed by atoms with Crippen LogP contribution in [0.1, 0.15) is 26.4 Å². The molecule has 7 heteroatoms. The zero-order chi connectivity index (χ0) is 17.7. The predicted molar refractivity (Wildman–Crippen MR) is 101 cm³/mol. The van der Waals surface area contributed by atoms with Crippen LogP contribution >= 0.6 is 11.3 Å². The topological polar surface area (TPSA) is 62.8 Å². The van der Waals surface area contributed by atoms with Crippen LogP contribution in [-0.2, 0) is 13.0 Å². The van der Waals surface area contributed by atoms with E-state index in [1.165, 1.54) is 10.4 Å². The van der Waals surface area contributed by atoms with Gasteiger partial charge in [-0.1, -0.05) is 12.1 Å². The molecule has 0 saturated heterocycles. The van der Waals surface area contributed by atoms with E-state index >= 15 is 0 Å². The summed E-state index contributed by atoms with van der Waals surface area (Å²) >= 11 is 1.70. The normalized spacial score (nSPS) is 21.3. The summed E-state index contributed by atoms with van der Waals surface area (Å²) in [4.78, 5) is 16.2. The lowest BCUT2D eigenvalue weighted by Crippen LogP contribution is -2.43. The van der Waals surface area contributed by atoms with Gasteiger partial charge in [0.15, 0.2) is 11.5 Å². The first kappa shape index (κ1) is 15.7. The van der Waals surface area contributed by atoms with Crippen LogP contribution in [0.3, 0.4) is 0 Å². The molecule has 1 aromatic heterocycles. The van der Waals surface area contributed by atoms with Crippen molar-refractivity contribution >= 4 is 28.3 Å². The van der Waals surface area contributed by atoms with Crippen molar-refractivity contribution < 1.29 is 14.3 Å². The fourth-order valence-electron chi connectivity index (χ4n) is 3.58. The Morgan fingerprint density at radius 2 is 2.15 bits per heavy atom. The number of fused-ring (bicyclic) bond motifs is 4. The summed E-state index contributed by atoms with van der Waals surface area (Å²) < 4.78 is 10.7. The van der Waals surface area contributed by atoms with Crippen molar-refractivity contribution in [3.8, 4) is 11.5 Å². The van der Waals surface area contributed by atoms with E-state index in [0.29, 0.717) is 0 Å². The Labute approximate surface area is 155 Å². The number of anilines is 1. The Hall–Kier alpha value is -2.51. The first-order valence-electron chi connectivity index (χ1n) is 8.66. The van der Waals surface area contributed by atoms with Crippen LogP contribution in [0, 0.1) is 0 Å². The number of rotatable bonds is 2. The van der Waals surface area contributed by atoms with Crippen LogP contribution < -0.4 is 20.1 Å². The van der Waals surface area contributed by atoms with Gasteiger partial charge in [-0.25, -0.2) is 0 Å². The molecule has 0 aliphatic carbocycles. The molecule has 1 aromatic carbocycles. The maximum atomic E-state index is 12.6. The highest BCUT2D eigenvalue weighted by atomic mass is 32.1. The van der Waals surface area contributed by atoms with E-state index < -0.39 is 0 Å². The minimum absolute atomic E-state index is 0.0149. The molecule has 3 aliphatic heterocycles. The van der Waals surface area contributed by atoms with Gasteiger partial charge in [0.2, 0.25) is 6.79 Å². The molecule has 26 heavy (non-hydrogen) atoms. The van der Waals surface area contributed by atoms with Crippen molar-refractivity contribution in [1.29, 1.82) is 0 Å². The van der Waals surface area contributed by atoms with Crippen LogP contribution in [0.5, 0.6) is 11.5 Å². The van der Waals surface area contributed by atoms with Gasteiger partial charge in [-0.05, 0) is 42.8 Å². The van der Waals surface area contributed by atoms with Gasteiger partial charge in [0.25, 0.3) is 5.91 Å². The van der Waals surface area contributed by atoms with E-state index in [-0.39, 0.29) is 18.9 Å². The monoisotopic (exact) mass is 369 g/mol. The van der Waals surface area contributed by atoms with Crippen LogP contribution in [0.2, 0.25) is 0 Å². The molecular formula is C19H19N3O3S. The van der Waals surface area contributed by atoms with Crippen molar-refractivity contribution in [3.63, 3.8) is 0 Å². The highest BCUT2D eigenvalue weighted by Gasteiger charge is 2.31. The quantitative estimate of drug-likeness (QED) is 0.852. The largest absolute Gasteiger partial charge is 0.454 e. The number of hydrogen-bond donors (Lipinski definition) is 2. The molecule has 2 N–H and O–H groups in total. The lowest BCUT2D eigenvalue weighted by molar-refractivity contribution is 0.0942. The van der Waals surface area contributed by atoms with Gasteiger partial charge in [-0.3, -0.25) is 4.79 Å². The first-order valence-corrected chi connectivity index (χ1v) is 9.47. The second-order valence-corrected chi connectivity index (χ2v) is 7.87. The smallest absolute Gasteiger partial charge is 0.256 e. The molecule has 5 rings (SSSR count). The van der Waals surface area contributed by atoms with Crippen molar-refractivity contribution in [3.05, 3.63) is 45.8 Å². The van der Waals surface area contributed by atoms with Gasteiger partial charge in [-0.2, -0.15) is 0 Å². The number of ether oxygens (including phenoxy) is 2. The maximum Gasteiger partial charge on any atom is 0.256 e. The molecule has 0 spiro atoms. The number of thiophene rings is 1. The summed E-state index contributed by atoms with van der Waals surface area (Å²) in [5.41, 5.74) is 3.06. The van der Waals surface area contributed by atoms with Crippen molar-refractivity contribution in [2.24, 2.45) is 0 Å². The maximum absolute atomic E-state index is 12.6. The van der Waals surface area contributed by atoms with Crippen LogP contribution in [0.4, 0.5) is 5.00 Å². The zero-order valence-electron chi connectivity index (χ0n) is 14.4. The average Bonchev–Trinajstić information content (AvgIpc) is 3.22. The molecule has 0 saturated carbocycles. The molecule has 0 bridgehead atoms. The Bertz CT molecular complexity index is 921. The summed E-state index contributed by atoms with van der Waals surface area (Å²) in [5.74, 6) is 1.54. The number of carbonyl (C=O) groups excluding carboxylic acids is 1. The Morgan fingerprint density at radius 1 is 1.27 bits per heavy atom. The third-order valence-electron chi connectivity index (χ3n) is 4.93. The molecule has 4 heterocycles. The Balaban J connectivity index is 1.37. The van der Waals surface area contributed by atoms with E-state index in [1.807, 2.05) is 30.4 Å². The highest BCUT2D eigenvalue weighted by molar-refractivity contribution is 7.16. The van der Waals surface area contributed by atoms with Gasteiger partial charge < -0.3 is 25.0 Å². The summed E-state index contributed by atoms with van der Waals surface area (Å²) in [6, 6.07) is 5.81. The number of benzene rings is 1. The number of likely N-dealkylation sites (N-methyl/N-ethyl adjacent to an activating group) is 1.